The van der Waals surface area contributed by atoms with Crippen molar-refractivity contribution in [3.05, 3.63) is 89.8 Å². The number of carbonyl (C=O) groups is 1. The third-order valence-corrected chi connectivity index (χ3v) is 4.70. The van der Waals surface area contributed by atoms with Crippen molar-refractivity contribution in [1.82, 2.24) is 25.7 Å². The summed E-state index contributed by atoms with van der Waals surface area (Å²) >= 11 is 0. The Labute approximate surface area is 191 Å². The van der Waals surface area contributed by atoms with Gasteiger partial charge in [-0.15, -0.1) is 5.10 Å². The quantitative estimate of drug-likeness (QED) is 0.237. The van der Waals surface area contributed by atoms with Gasteiger partial charge in [0.05, 0.1) is 48.4 Å². The number of alkyl halides is 1. The molecule has 0 aliphatic rings. The zero-order chi connectivity index (χ0) is 24.7. The number of aliphatic hydroxyl groups excluding tert-OH is 1. The zero-order valence-electron chi connectivity index (χ0n) is 17.6. The van der Waals surface area contributed by atoms with Gasteiger partial charge in [-0.2, -0.15) is 19.4 Å². The van der Waals surface area contributed by atoms with E-state index in [-0.39, 0.29) is 12.2 Å². The molecule has 3 rings (SSSR count). The minimum atomic E-state index is -1.90. The lowest BCUT2D eigenvalue weighted by Gasteiger charge is -2.21. The first-order chi connectivity index (χ1) is 16.3. The second kappa shape index (κ2) is 11.2. The van der Waals surface area contributed by atoms with Crippen molar-refractivity contribution in [2.45, 2.75) is 18.8 Å². The third kappa shape index (κ3) is 6.04. The number of halogens is 4. The molecule has 2 aromatic carbocycles. The fraction of sp³-hybridized carbons (Fsp3) is 0.182. The fourth-order valence-corrected chi connectivity index (χ4v) is 2.95. The maximum Gasteiger partial charge on any atom is 0.252 e. The summed E-state index contributed by atoms with van der Waals surface area (Å²) in [6, 6.07) is 7.03. The number of aliphatic hydroxyl groups is 1. The molecule has 0 aliphatic carbocycles. The first kappa shape index (κ1) is 24.6. The van der Waals surface area contributed by atoms with Crippen LogP contribution in [0.2, 0.25) is 0 Å². The highest BCUT2D eigenvalue weighted by Gasteiger charge is 2.27. The van der Waals surface area contributed by atoms with Crippen LogP contribution in [0.4, 0.5) is 17.6 Å². The first-order valence-electron chi connectivity index (χ1n) is 9.93. The maximum atomic E-state index is 14.9. The van der Waals surface area contributed by atoms with Gasteiger partial charge in [0.1, 0.15) is 17.8 Å². The van der Waals surface area contributed by atoms with E-state index in [0.717, 1.165) is 16.9 Å². The summed E-state index contributed by atoms with van der Waals surface area (Å²) in [5, 5.41) is 22.5. The van der Waals surface area contributed by atoms with E-state index < -0.39 is 53.5 Å². The molecule has 3 aromatic rings. The van der Waals surface area contributed by atoms with E-state index in [1.807, 2.05) is 0 Å². The fourth-order valence-electron chi connectivity index (χ4n) is 2.95. The molecule has 0 spiro atoms. The van der Waals surface area contributed by atoms with Crippen LogP contribution in [0, 0.1) is 11.6 Å². The van der Waals surface area contributed by atoms with Crippen LogP contribution in [0.1, 0.15) is 21.5 Å². The Balaban J connectivity index is 1.81. The predicted octanol–water partition coefficient (Wildman–Crippen LogP) is 2.58. The van der Waals surface area contributed by atoms with Gasteiger partial charge < -0.3 is 10.4 Å². The Bertz CT molecular complexity index is 1170. The Morgan fingerprint density at radius 2 is 1.82 bits per heavy atom. The van der Waals surface area contributed by atoms with Crippen LogP contribution in [0.3, 0.4) is 0 Å². The van der Waals surface area contributed by atoms with Gasteiger partial charge in [0.15, 0.2) is 0 Å². The summed E-state index contributed by atoms with van der Waals surface area (Å²) in [5.41, 5.74) is 1.56. The number of aromatic nitrogens is 3. The number of rotatable bonds is 10. The van der Waals surface area contributed by atoms with E-state index in [1.54, 1.807) is 0 Å². The van der Waals surface area contributed by atoms with Gasteiger partial charge in [-0.1, -0.05) is 12.6 Å². The average molecular weight is 476 g/mol. The molecule has 1 heterocycles. The molecule has 0 aliphatic heterocycles. The Morgan fingerprint density at radius 3 is 2.47 bits per heavy atom. The molecule has 0 saturated carbocycles. The van der Waals surface area contributed by atoms with Crippen LogP contribution in [-0.2, 0) is 6.54 Å². The number of hydrogen-bond acceptors (Lipinski definition) is 6. The molecule has 0 saturated heterocycles. The summed E-state index contributed by atoms with van der Waals surface area (Å²) in [4.78, 5) is 13.9. The number of amides is 1. The number of nitrogens with zero attached hydrogens (tertiary/aromatic N) is 4. The van der Waals surface area contributed by atoms with Gasteiger partial charge in [0.2, 0.25) is 5.97 Å². The first-order valence-corrected chi connectivity index (χ1v) is 9.93. The monoisotopic (exact) mass is 476 g/mol. The van der Waals surface area contributed by atoms with Crippen molar-refractivity contribution in [1.29, 1.82) is 0 Å². The van der Waals surface area contributed by atoms with E-state index >= 15 is 0 Å². The lowest BCUT2D eigenvalue weighted by atomic mass is 10.1. The molecule has 178 valence electrons. The highest BCUT2D eigenvalue weighted by molar-refractivity contribution is 6.07. The van der Waals surface area contributed by atoms with Crippen molar-refractivity contribution >= 4 is 17.6 Å². The number of carbonyl (C=O) groups excluding carboxylic acids is 1. The molecule has 2 atom stereocenters. The topological polar surface area (TPSA) is 104 Å². The molecular weight excluding hydrogens is 456 g/mol. The van der Waals surface area contributed by atoms with Crippen LogP contribution in [0.15, 0.2) is 66.5 Å². The van der Waals surface area contributed by atoms with Gasteiger partial charge >= 0.3 is 0 Å². The van der Waals surface area contributed by atoms with Crippen LogP contribution in [0.25, 0.3) is 5.70 Å². The normalized spacial score (nSPS) is 13.3. The van der Waals surface area contributed by atoms with Gasteiger partial charge in [-0.25, -0.2) is 13.2 Å². The van der Waals surface area contributed by atoms with E-state index in [0.29, 0.717) is 5.56 Å². The van der Waals surface area contributed by atoms with Crippen LogP contribution in [-0.4, -0.2) is 50.8 Å². The van der Waals surface area contributed by atoms with Crippen molar-refractivity contribution in [3.8, 4) is 0 Å². The summed E-state index contributed by atoms with van der Waals surface area (Å²) < 4.78 is 56.6. The van der Waals surface area contributed by atoms with E-state index in [4.69, 9.17) is 0 Å². The Hall–Kier alpha value is -4.06. The Kier molecular flexibility index (Phi) is 8.09. The van der Waals surface area contributed by atoms with Crippen molar-refractivity contribution in [3.63, 3.8) is 0 Å². The number of nitrogens with one attached hydrogen (secondary N) is 2. The van der Waals surface area contributed by atoms with Crippen LogP contribution >= 0.6 is 0 Å². The molecule has 0 radical (unpaired) electrons. The smallest absolute Gasteiger partial charge is 0.252 e. The van der Waals surface area contributed by atoms with Crippen LogP contribution in [0.5, 0.6) is 0 Å². The van der Waals surface area contributed by atoms with Crippen molar-refractivity contribution in [2.75, 3.05) is 6.61 Å². The molecule has 1 amide bonds. The molecule has 0 unspecified atom stereocenters. The summed E-state index contributed by atoms with van der Waals surface area (Å²) in [5.74, 6) is -3.96. The SMILES string of the molecule is C=C(N/N=C(\F)c1c(F)cccc1C(=O)N[C@H](Cn1nccn1)[C@H](F)CO)c1ccc(F)cc1. The Morgan fingerprint density at radius 1 is 1.15 bits per heavy atom. The predicted molar refractivity (Wildman–Crippen MR) is 116 cm³/mol. The largest absolute Gasteiger partial charge is 0.393 e. The van der Waals surface area contributed by atoms with Gasteiger partial charge in [0.25, 0.3) is 5.91 Å². The van der Waals surface area contributed by atoms with E-state index in [2.05, 4.69) is 32.6 Å². The molecule has 8 nitrogen and oxygen atoms in total. The van der Waals surface area contributed by atoms with Crippen LogP contribution < -0.4 is 10.7 Å². The highest BCUT2D eigenvalue weighted by Crippen LogP contribution is 2.18. The standard InChI is InChI=1S/C22H20F4N6O2/c1-13(14-5-7-15(23)8-6-14)30-31-21(26)20-16(3-2-4-17(20)24)22(34)29-19(18(25)12-33)11-32-27-9-10-28-32/h2-10,18-19,30,33H,1,11-12H2,(H,29,34)/b31-21-/t18-,19-/m1/s1. The second-order valence-electron chi connectivity index (χ2n) is 7.02. The zero-order valence-corrected chi connectivity index (χ0v) is 17.6. The number of hydrazone groups is 1. The third-order valence-electron chi connectivity index (χ3n) is 4.70. The molecule has 34 heavy (non-hydrogen) atoms. The van der Waals surface area contributed by atoms with Gasteiger partial charge in [-0.05, 0) is 42.0 Å². The maximum absolute atomic E-state index is 14.9. The molecule has 3 N–H and O–H groups in total. The molecule has 1 aromatic heterocycles. The molecule has 0 fully saturated rings. The lowest BCUT2D eigenvalue weighted by Crippen LogP contribution is -2.46. The summed E-state index contributed by atoms with van der Waals surface area (Å²) in [6.45, 7) is 2.50. The lowest BCUT2D eigenvalue weighted by molar-refractivity contribution is 0.0844. The molecule has 0 bridgehead atoms. The molecule has 12 heteroatoms. The minimum Gasteiger partial charge on any atom is -0.393 e. The van der Waals surface area contributed by atoms with Gasteiger partial charge in [-0.3, -0.25) is 10.2 Å². The van der Waals surface area contributed by atoms with Gasteiger partial charge in [0, 0.05) is 0 Å². The molecular formula is C22H20F4N6O2. The summed E-state index contributed by atoms with van der Waals surface area (Å²) in [6.07, 6.45) is 0.786. The number of hydrogen-bond donors (Lipinski definition) is 3. The van der Waals surface area contributed by atoms with E-state index in [1.165, 1.54) is 42.7 Å². The average Bonchev–Trinajstić information content (AvgIpc) is 3.34. The van der Waals surface area contributed by atoms with Crippen molar-refractivity contribution in [2.24, 2.45) is 5.10 Å². The second-order valence-corrected chi connectivity index (χ2v) is 7.02. The highest BCUT2D eigenvalue weighted by atomic mass is 19.1. The number of benzene rings is 2. The van der Waals surface area contributed by atoms with Crippen molar-refractivity contribution < 1.29 is 27.5 Å². The summed E-state index contributed by atoms with van der Waals surface area (Å²) in [7, 11) is 0. The van der Waals surface area contributed by atoms with E-state index in [9.17, 15) is 27.5 Å². The minimum absolute atomic E-state index is 0.0903.